The number of ether oxygens (including phenoxy) is 2. The number of hydrogen-bond acceptors (Lipinski definition) is 3. The summed E-state index contributed by atoms with van der Waals surface area (Å²) in [5.74, 6) is 1.48. The number of methoxy groups -OCH3 is 2. The summed E-state index contributed by atoms with van der Waals surface area (Å²) in [5.41, 5.74) is 0.725. The molecule has 1 fully saturated rings. The van der Waals surface area contributed by atoms with E-state index in [-0.39, 0.29) is 14.6 Å². The van der Waals surface area contributed by atoms with Gasteiger partial charge in [-0.2, -0.15) is 0 Å². The van der Waals surface area contributed by atoms with Crippen molar-refractivity contribution in [3.63, 3.8) is 0 Å². The van der Waals surface area contributed by atoms with E-state index in [1.165, 1.54) is 0 Å². The largest absolute Gasteiger partial charge is 0.493 e. The summed E-state index contributed by atoms with van der Waals surface area (Å²) in [7, 11) is 3.23. The number of amides is 1. The first-order chi connectivity index (χ1) is 9.84. The van der Waals surface area contributed by atoms with Gasteiger partial charge in [0.25, 0.3) is 0 Å². The highest BCUT2D eigenvalue weighted by Gasteiger charge is 2.66. The minimum atomic E-state index is -0.370. The SMILES string of the molecule is COc1ccc(CCNC(=O)[C@]2(C)CC2(Br)Br)cc1OC. The second-order valence-corrected chi connectivity index (χ2v) is 9.18. The Kier molecular flexibility index (Phi) is 4.88. The van der Waals surface area contributed by atoms with Crippen LogP contribution in [0.15, 0.2) is 18.2 Å². The maximum atomic E-state index is 12.1. The van der Waals surface area contributed by atoms with Gasteiger partial charge in [0.1, 0.15) is 0 Å². The van der Waals surface area contributed by atoms with Gasteiger partial charge in [-0.3, -0.25) is 4.79 Å². The quantitative estimate of drug-likeness (QED) is 0.718. The van der Waals surface area contributed by atoms with Crippen molar-refractivity contribution in [3.8, 4) is 11.5 Å². The van der Waals surface area contributed by atoms with Gasteiger partial charge in [0.2, 0.25) is 5.91 Å². The summed E-state index contributed by atoms with van der Waals surface area (Å²) in [4.78, 5) is 12.1. The minimum absolute atomic E-state index is 0.0664. The summed E-state index contributed by atoms with van der Waals surface area (Å²) >= 11 is 7.01. The molecule has 6 heteroatoms. The predicted octanol–water partition coefficient (Wildman–Crippen LogP) is 3.26. The first-order valence-corrected chi connectivity index (χ1v) is 8.30. The molecule has 1 aromatic carbocycles. The maximum absolute atomic E-state index is 12.1. The van der Waals surface area contributed by atoms with E-state index in [1.807, 2.05) is 25.1 Å². The normalized spacial score (nSPS) is 22.5. The molecule has 1 aliphatic carbocycles. The fourth-order valence-electron chi connectivity index (χ4n) is 2.20. The molecule has 0 unspecified atom stereocenters. The first kappa shape index (κ1) is 16.6. The van der Waals surface area contributed by atoms with E-state index < -0.39 is 0 Å². The Hall–Kier alpha value is -0.750. The van der Waals surface area contributed by atoms with Crippen LogP contribution in [0.5, 0.6) is 11.5 Å². The van der Waals surface area contributed by atoms with E-state index in [9.17, 15) is 4.79 Å². The summed E-state index contributed by atoms with van der Waals surface area (Å²) < 4.78 is 10.2. The number of nitrogens with one attached hydrogen (secondary N) is 1. The van der Waals surface area contributed by atoms with Gasteiger partial charge in [-0.15, -0.1) is 0 Å². The Bertz CT molecular complexity index is 548. The molecule has 2 rings (SSSR count). The number of hydrogen-bond donors (Lipinski definition) is 1. The third kappa shape index (κ3) is 3.37. The topological polar surface area (TPSA) is 47.6 Å². The lowest BCUT2D eigenvalue weighted by molar-refractivity contribution is -0.125. The first-order valence-electron chi connectivity index (χ1n) is 6.71. The zero-order valence-electron chi connectivity index (χ0n) is 12.3. The highest BCUT2D eigenvalue weighted by molar-refractivity contribution is 9.25. The standard InChI is InChI=1S/C15H19Br2NO3/c1-14(9-15(14,16)17)13(19)18-7-6-10-4-5-11(20-2)12(8-10)21-3/h4-5,8H,6-7,9H2,1-3H3,(H,18,19)/t14-/m0/s1. The molecule has 1 saturated carbocycles. The van der Waals surface area contributed by atoms with Gasteiger partial charge in [-0.1, -0.05) is 37.9 Å². The Morgan fingerprint density at radius 1 is 1.29 bits per heavy atom. The van der Waals surface area contributed by atoms with E-state index in [0.717, 1.165) is 18.4 Å². The van der Waals surface area contributed by atoms with Gasteiger partial charge < -0.3 is 14.8 Å². The molecule has 0 aromatic heterocycles. The third-order valence-electron chi connectivity index (χ3n) is 3.91. The molecule has 0 aliphatic heterocycles. The molecule has 1 aromatic rings. The number of halogens is 2. The molecule has 1 atom stereocenters. The van der Waals surface area contributed by atoms with Crippen molar-refractivity contribution in [2.24, 2.45) is 5.41 Å². The summed E-state index contributed by atoms with van der Waals surface area (Å²) in [6, 6.07) is 5.79. The fraction of sp³-hybridized carbons (Fsp3) is 0.533. The van der Waals surface area contributed by atoms with E-state index in [2.05, 4.69) is 37.2 Å². The number of carbonyl (C=O) groups excluding carboxylic acids is 1. The van der Waals surface area contributed by atoms with Gasteiger partial charge in [0, 0.05) is 6.54 Å². The van der Waals surface area contributed by atoms with Crippen LogP contribution in [0.1, 0.15) is 18.9 Å². The van der Waals surface area contributed by atoms with Crippen LogP contribution in [0.4, 0.5) is 0 Å². The Morgan fingerprint density at radius 3 is 2.43 bits per heavy atom. The second-order valence-electron chi connectivity index (χ2n) is 5.41. The molecular formula is C15H19Br2NO3. The molecule has 21 heavy (non-hydrogen) atoms. The smallest absolute Gasteiger partial charge is 0.228 e. The van der Waals surface area contributed by atoms with Gasteiger partial charge in [-0.05, 0) is 37.5 Å². The Balaban J connectivity index is 1.88. The number of alkyl halides is 2. The van der Waals surface area contributed by atoms with Crippen LogP contribution in [-0.4, -0.2) is 29.9 Å². The van der Waals surface area contributed by atoms with Crippen molar-refractivity contribution in [1.29, 1.82) is 0 Å². The lowest BCUT2D eigenvalue weighted by Crippen LogP contribution is -2.34. The van der Waals surface area contributed by atoms with Crippen LogP contribution in [0.25, 0.3) is 0 Å². The molecule has 1 N–H and O–H groups in total. The third-order valence-corrected chi connectivity index (χ3v) is 6.22. The average molecular weight is 421 g/mol. The molecule has 1 amide bonds. The average Bonchev–Trinajstić information content (AvgIpc) is 2.98. The molecule has 0 saturated heterocycles. The van der Waals surface area contributed by atoms with Crippen LogP contribution in [-0.2, 0) is 11.2 Å². The summed E-state index contributed by atoms with van der Waals surface area (Å²) in [5, 5.41) is 2.98. The van der Waals surface area contributed by atoms with Crippen LogP contribution < -0.4 is 14.8 Å². The Morgan fingerprint density at radius 2 is 1.90 bits per heavy atom. The lowest BCUT2D eigenvalue weighted by Gasteiger charge is -2.13. The summed E-state index contributed by atoms with van der Waals surface area (Å²) in [6.45, 7) is 2.54. The van der Waals surface area contributed by atoms with Crippen molar-refractivity contribution in [1.82, 2.24) is 5.32 Å². The molecule has 0 radical (unpaired) electrons. The van der Waals surface area contributed by atoms with Gasteiger partial charge in [-0.25, -0.2) is 0 Å². The van der Waals surface area contributed by atoms with Crippen molar-refractivity contribution in [3.05, 3.63) is 23.8 Å². The second kappa shape index (κ2) is 6.16. The molecule has 0 bridgehead atoms. The number of rotatable bonds is 6. The van der Waals surface area contributed by atoms with Crippen LogP contribution in [0.2, 0.25) is 0 Å². The maximum Gasteiger partial charge on any atom is 0.228 e. The minimum Gasteiger partial charge on any atom is -0.493 e. The zero-order valence-corrected chi connectivity index (χ0v) is 15.5. The lowest BCUT2D eigenvalue weighted by atomic mass is 10.1. The fourth-order valence-corrected chi connectivity index (χ4v) is 3.68. The van der Waals surface area contributed by atoms with Crippen molar-refractivity contribution >= 4 is 37.8 Å². The number of benzene rings is 1. The molecule has 1 aliphatic rings. The van der Waals surface area contributed by atoms with Gasteiger partial charge in [0.15, 0.2) is 11.5 Å². The molecule has 0 spiro atoms. The van der Waals surface area contributed by atoms with Crippen molar-refractivity contribution < 1.29 is 14.3 Å². The van der Waals surface area contributed by atoms with Gasteiger partial charge >= 0.3 is 0 Å². The van der Waals surface area contributed by atoms with Crippen LogP contribution in [0.3, 0.4) is 0 Å². The Labute approximate surface area is 141 Å². The van der Waals surface area contributed by atoms with E-state index in [0.29, 0.717) is 18.0 Å². The van der Waals surface area contributed by atoms with Crippen molar-refractivity contribution in [2.45, 2.75) is 23.0 Å². The van der Waals surface area contributed by atoms with Crippen LogP contribution in [0, 0.1) is 5.41 Å². The molecular weight excluding hydrogens is 402 g/mol. The zero-order chi connectivity index (χ0) is 15.7. The molecule has 4 nitrogen and oxygen atoms in total. The van der Waals surface area contributed by atoms with Gasteiger partial charge in [0.05, 0.1) is 22.9 Å². The molecule has 0 heterocycles. The monoisotopic (exact) mass is 419 g/mol. The van der Waals surface area contributed by atoms with E-state index in [4.69, 9.17) is 9.47 Å². The van der Waals surface area contributed by atoms with E-state index >= 15 is 0 Å². The van der Waals surface area contributed by atoms with Crippen molar-refractivity contribution in [2.75, 3.05) is 20.8 Å². The summed E-state index contributed by atoms with van der Waals surface area (Å²) in [6.07, 6.45) is 1.54. The highest BCUT2D eigenvalue weighted by atomic mass is 79.9. The number of carbonyl (C=O) groups is 1. The van der Waals surface area contributed by atoms with E-state index in [1.54, 1.807) is 14.2 Å². The highest BCUT2D eigenvalue weighted by Crippen LogP contribution is 2.66. The predicted molar refractivity (Wildman–Crippen MR) is 89.6 cm³/mol. The molecule has 116 valence electrons. The van der Waals surface area contributed by atoms with Crippen LogP contribution >= 0.6 is 31.9 Å².